The predicted octanol–water partition coefficient (Wildman–Crippen LogP) is 1.01. The van der Waals surface area contributed by atoms with Crippen molar-refractivity contribution in [3.05, 3.63) is 42.5 Å². The van der Waals surface area contributed by atoms with Crippen molar-refractivity contribution in [2.45, 2.75) is 4.90 Å². The monoisotopic (exact) mass is 239 g/mol. The highest BCUT2D eigenvalue weighted by Gasteiger charge is 2.17. The molecule has 86 valence electrons. The minimum atomic E-state index is -3.39. The fourth-order valence-corrected chi connectivity index (χ4v) is 2.12. The second-order valence-corrected chi connectivity index (χ2v) is 5.25. The smallest absolute Gasteiger partial charge is 0.252 e. The van der Waals surface area contributed by atoms with Crippen LogP contribution in [0.15, 0.2) is 41.8 Å². The van der Waals surface area contributed by atoms with E-state index in [1.165, 1.54) is 18.2 Å². The van der Waals surface area contributed by atoms with Gasteiger partial charge in [0.05, 0.1) is 10.5 Å². The van der Waals surface area contributed by atoms with E-state index >= 15 is 0 Å². The van der Waals surface area contributed by atoms with Crippen LogP contribution in [0.3, 0.4) is 0 Å². The Morgan fingerprint density at radius 3 is 2.62 bits per heavy atom. The van der Waals surface area contributed by atoms with Crippen molar-refractivity contribution in [2.75, 3.05) is 12.8 Å². The van der Waals surface area contributed by atoms with E-state index in [1.807, 2.05) is 0 Å². The van der Waals surface area contributed by atoms with Crippen LogP contribution in [0, 0.1) is 0 Å². The molecule has 1 rings (SSSR count). The summed E-state index contributed by atoms with van der Waals surface area (Å²) in [6, 6.07) is 6.10. The lowest BCUT2D eigenvalue weighted by molar-refractivity contribution is 0.0954. The van der Waals surface area contributed by atoms with Crippen LogP contribution in [0.5, 0.6) is 0 Å². The lowest BCUT2D eigenvalue weighted by Gasteiger charge is -2.07. The Morgan fingerprint density at radius 1 is 1.44 bits per heavy atom. The molecule has 0 heterocycles. The SMILES string of the molecule is C=CCNC(=O)c1ccccc1S(C)(=O)=O. The minimum absolute atomic E-state index is 0.0385. The highest BCUT2D eigenvalue weighted by molar-refractivity contribution is 7.90. The average Bonchev–Trinajstić information content (AvgIpc) is 2.24. The molecule has 0 saturated carbocycles. The van der Waals surface area contributed by atoms with Gasteiger partial charge in [0, 0.05) is 12.8 Å². The van der Waals surface area contributed by atoms with Gasteiger partial charge in [-0.1, -0.05) is 18.2 Å². The van der Waals surface area contributed by atoms with Gasteiger partial charge in [-0.3, -0.25) is 4.79 Å². The number of hydrogen-bond donors (Lipinski definition) is 1. The first-order valence-corrected chi connectivity index (χ1v) is 6.54. The maximum Gasteiger partial charge on any atom is 0.252 e. The van der Waals surface area contributed by atoms with Crippen molar-refractivity contribution < 1.29 is 13.2 Å². The topological polar surface area (TPSA) is 63.2 Å². The van der Waals surface area contributed by atoms with Crippen LogP contribution in [0.25, 0.3) is 0 Å². The molecule has 0 unspecified atom stereocenters. The molecular formula is C11H13NO3S. The van der Waals surface area contributed by atoms with Crippen molar-refractivity contribution >= 4 is 15.7 Å². The number of amides is 1. The molecule has 0 fully saturated rings. The summed E-state index contributed by atoms with van der Waals surface area (Å²) in [6.07, 6.45) is 2.60. The van der Waals surface area contributed by atoms with Crippen molar-refractivity contribution in [1.82, 2.24) is 5.32 Å². The van der Waals surface area contributed by atoms with Gasteiger partial charge in [-0.05, 0) is 12.1 Å². The number of rotatable bonds is 4. The van der Waals surface area contributed by atoms with Crippen LogP contribution in [-0.2, 0) is 9.84 Å². The Balaban J connectivity index is 3.14. The molecule has 0 radical (unpaired) electrons. The van der Waals surface area contributed by atoms with Gasteiger partial charge in [0.2, 0.25) is 0 Å². The first kappa shape index (κ1) is 12.4. The molecule has 1 amide bonds. The third kappa shape index (κ3) is 2.93. The second-order valence-electron chi connectivity index (χ2n) is 3.27. The normalized spacial score (nSPS) is 10.8. The fraction of sp³-hybridized carbons (Fsp3) is 0.182. The molecule has 0 aliphatic rings. The molecule has 1 N–H and O–H groups in total. The van der Waals surface area contributed by atoms with E-state index < -0.39 is 15.7 Å². The van der Waals surface area contributed by atoms with Crippen LogP contribution < -0.4 is 5.32 Å². The zero-order valence-electron chi connectivity index (χ0n) is 8.93. The maximum absolute atomic E-state index is 11.6. The Bertz CT molecular complexity index is 506. The molecule has 0 aliphatic heterocycles. The lowest BCUT2D eigenvalue weighted by Crippen LogP contribution is -2.25. The van der Waals surface area contributed by atoms with E-state index in [0.717, 1.165) is 6.26 Å². The summed E-state index contributed by atoms with van der Waals surface area (Å²) in [5.74, 6) is -0.416. The van der Waals surface area contributed by atoms with Crippen LogP contribution in [0.4, 0.5) is 0 Å². The number of sulfone groups is 1. The third-order valence-corrected chi connectivity index (χ3v) is 3.09. The summed E-state index contributed by atoms with van der Waals surface area (Å²) in [6.45, 7) is 3.77. The molecule has 0 bridgehead atoms. The maximum atomic E-state index is 11.6. The van der Waals surface area contributed by atoms with E-state index in [1.54, 1.807) is 12.1 Å². The molecular weight excluding hydrogens is 226 g/mol. The average molecular weight is 239 g/mol. The summed E-state index contributed by atoms with van der Waals surface area (Å²) in [5, 5.41) is 2.54. The molecule has 0 aliphatic carbocycles. The lowest BCUT2D eigenvalue weighted by atomic mass is 10.2. The van der Waals surface area contributed by atoms with Gasteiger partial charge in [-0.2, -0.15) is 0 Å². The summed E-state index contributed by atoms with van der Waals surface area (Å²) in [7, 11) is -3.39. The zero-order chi connectivity index (χ0) is 12.2. The molecule has 4 nitrogen and oxygen atoms in total. The van der Waals surface area contributed by atoms with E-state index in [9.17, 15) is 13.2 Å². The van der Waals surface area contributed by atoms with Gasteiger partial charge in [0.1, 0.15) is 0 Å². The fourth-order valence-electron chi connectivity index (χ4n) is 1.24. The van der Waals surface area contributed by atoms with Gasteiger partial charge in [-0.15, -0.1) is 6.58 Å². The van der Waals surface area contributed by atoms with Gasteiger partial charge in [-0.25, -0.2) is 8.42 Å². The summed E-state index contributed by atoms with van der Waals surface area (Å²) in [5.41, 5.74) is 0.159. The molecule has 0 spiro atoms. The highest BCUT2D eigenvalue weighted by Crippen LogP contribution is 2.14. The molecule has 0 saturated heterocycles. The Kier molecular flexibility index (Phi) is 3.84. The van der Waals surface area contributed by atoms with Crippen molar-refractivity contribution in [2.24, 2.45) is 0 Å². The Morgan fingerprint density at radius 2 is 2.06 bits per heavy atom. The van der Waals surface area contributed by atoms with Gasteiger partial charge in [0.25, 0.3) is 5.91 Å². The van der Waals surface area contributed by atoms with Crippen LogP contribution in [-0.4, -0.2) is 27.1 Å². The van der Waals surface area contributed by atoms with E-state index in [-0.39, 0.29) is 10.5 Å². The van der Waals surface area contributed by atoms with Crippen LogP contribution in [0.1, 0.15) is 10.4 Å². The predicted molar refractivity (Wildman–Crippen MR) is 62.1 cm³/mol. The first-order chi connectivity index (χ1) is 7.46. The van der Waals surface area contributed by atoms with E-state index in [4.69, 9.17) is 0 Å². The zero-order valence-corrected chi connectivity index (χ0v) is 9.75. The summed E-state index contributed by atoms with van der Waals surface area (Å²) < 4.78 is 22.9. The van der Waals surface area contributed by atoms with Gasteiger partial charge in [0.15, 0.2) is 9.84 Å². The Hall–Kier alpha value is -1.62. The van der Waals surface area contributed by atoms with Crippen molar-refractivity contribution in [3.8, 4) is 0 Å². The number of benzene rings is 1. The highest BCUT2D eigenvalue weighted by atomic mass is 32.2. The van der Waals surface area contributed by atoms with Crippen LogP contribution in [0.2, 0.25) is 0 Å². The van der Waals surface area contributed by atoms with Crippen LogP contribution >= 0.6 is 0 Å². The standard InChI is InChI=1S/C11H13NO3S/c1-3-8-12-11(13)9-6-4-5-7-10(9)16(2,14)15/h3-7H,1,8H2,2H3,(H,12,13). The summed E-state index contributed by atoms with van der Waals surface area (Å²) in [4.78, 5) is 11.7. The molecule has 1 aromatic carbocycles. The van der Waals surface area contributed by atoms with Crippen molar-refractivity contribution in [3.63, 3.8) is 0 Å². The second kappa shape index (κ2) is 4.94. The summed E-state index contributed by atoms with van der Waals surface area (Å²) >= 11 is 0. The molecule has 0 atom stereocenters. The molecule has 0 aromatic heterocycles. The third-order valence-electron chi connectivity index (χ3n) is 1.94. The van der Waals surface area contributed by atoms with Gasteiger partial charge < -0.3 is 5.32 Å². The first-order valence-electron chi connectivity index (χ1n) is 4.65. The van der Waals surface area contributed by atoms with E-state index in [0.29, 0.717) is 6.54 Å². The molecule has 1 aromatic rings. The number of carbonyl (C=O) groups excluding carboxylic acids is 1. The quantitative estimate of drug-likeness (QED) is 0.797. The van der Waals surface area contributed by atoms with Gasteiger partial charge >= 0.3 is 0 Å². The molecule has 16 heavy (non-hydrogen) atoms. The largest absolute Gasteiger partial charge is 0.349 e. The number of hydrogen-bond acceptors (Lipinski definition) is 3. The Labute approximate surface area is 94.9 Å². The van der Waals surface area contributed by atoms with Crippen molar-refractivity contribution in [1.29, 1.82) is 0 Å². The minimum Gasteiger partial charge on any atom is -0.349 e. The van der Waals surface area contributed by atoms with E-state index in [2.05, 4.69) is 11.9 Å². The molecule has 5 heteroatoms. The number of nitrogens with one attached hydrogen (secondary N) is 1. The number of carbonyl (C=O) groups is 1.